The van der Waals surface area contributed by atoms with Gasteiger partial charge in [0.05, 0.1) is 4.92 Å². The predicted molar refractivity (Wildman–Crippen MR) is 67.0 cm³/mol. The van der Waals surface area contributed by atoms with Crippen LogP contribution in [0.4, 0.5) is 11.4 Å². The van der Waals surface area contributed by atoms with Gasteiger partial charge in [-0.15, -0.1) is 0 Å². The Hall–Kier alpha value is -2.68. The standard InChI is InChI=1S/C10H13N5O4/c1-5(9(11)16)13-10(17)6-3-2-4-7(14-12)8(6)15(18)19/h2-5,14H,12H2,1H3,(H2,11,16)(H,13,17). The van der Waals surface area contributed by atoms with E-state index in [9.17, 15) is 19.7 Å². The van der Waals surface area contributed by atoms with E-state index in [4.69, 9.17) is 11.6 Å². The summed E-state index contributed by atoms with van der Waals surface area (Å²) in [6.45, 7) is 1.37. The van der Waals surface area contributed by atoms with Crippen LogP contribution in [0.5, 0.6) is 0 Å². The number of nitro benzene ring substituents is 1. The topological polar surface area (TPSA) is 153 Å². The average molecular weight is 267 g/mol. The Kier molecular flexibility index (Phi) is 4.37. The fourth-order valence-electron chi connectivity index (χ4n) is 1.39. The first-order valence-electron chi connectivity index (χ1n) is 5.22. The van der Waals surface area contributed by atoms with E-state index in [0.717, 1.165) is 0 Å². The van der Waals surface area contributed by atoms with Crippen LogP contribution in [0, 0.1) is 10.1 Å². The Morgan fingerprint density at radius 2 is 2.05 bits per heavy atom. The lowest BCUT2D eigenvalue weighted by Gasteiger charge is -2.11. The number of primary amides is 1. The monoisotopic (exact) mass is 267 g/mol. The van der Waals surface area contributed by atoms with Crippen molar-refractivity contribution >= 4 is 23.2 Å². The fourth-order valence-corrected chi connectivity index (χ4v) is 1.39. The molecule has 1 aromatic rings. The smallest absolute Gasteiger partial charge is 0.306 e. The molecule has 1 atom stereocenters. The van der Waals surface area contributed by atoms with Crippen LogP contribution in [0.25, 0.3) is 0 Å². The Balaban J connectivity index is 3.16. The molecule has 0 aliphatic heterocycles. The van der Waals surface area contributed by atoms with E-state index in [1.54, 1.807) is 0 Å². The second kappa shape index (κ2) is 5.78. The van der Waals surface area contributed by atoms with Crippen molar-refractivity contribution in [1.82, 2.24) is 5.32 Å². The van der Waals surface area contributed by atoms with Gasteiger partial charge in [-0.25, -0.2) is 0 Å². The summed E-state index contributed by atoms with van der Waals surface area (Å²) in [6, 6.07) is 3.09. The molecule has 0 aromatic heterocycles. The van der Waals surface area contributed by atoms with E-state index in [-0.39, 0.29) is 11.3 Å². The number of benzene rings is 1. The van der Waals surface area contributed by atoms with Crippen LogP contribution in [0.15, 0.2) is 18.2 Å². The maximum absolute atomic E-state index is 11.9. The zero-order valence-corrected chi connectivity index (χ0v) is 10.0. The highest BCUT2D eigenvalue weighted by Gasteiger charge is 2.25. The maximum atomic E-state index is 11.9. The van der Waals surface area contributed by atoms with Crippen molar-refractivity contribution in [2.45, 2.75) is 13.0 Å². The molecule has 9 nitrogen and oxygen atoms in total. The molecule has 2 amide bonds. The van der Waals surface area contributed by atoms with Gasteiger partial charge in [-0.3, -0.25) is 25.5 Å². The van der Waals surface area contributed by atoms with Gasteiger partial charge in [0.2, 0.25) is 5.91 Å². The van der Waals surface area contributed by atoms with Gasteiger partial charge in [-0.1, -0.05) is 6.07 Å². The summed E-state index contributed by atoms with van der Waals surface area (Å²) in [7, 11) is 0. The largest absolute Gasteiger partial charge is 0.368 e. The molecule has 0 heterocycles. The minimum Gasteiger partial charge on any atom is -0.368 e. The molecule has 0 saturated heterocycles. The highest BCUT2D eigenvalue weighted by molar-refractivity contribution is 6.02. The molecule has 9 heteroatoms. The van der Waals surface area contributed by atoms with Crippen LogP contribution in [-0.4, -0.2) is 22.8 Å². The van der Waals surface area contributed by atoms with E-state index >= 15 is 0 Å². The molecule has 1 unspecified atom stereocenters. The first-order chi connectivity index (χ1) is 8.88. The van der Waals surface area contributed by atoms with Crippen molar-refractivity contribution in [3.63, 3.8) is 0 Å². The van der Waals surface area contributed by atoms with Crippen LogP contribution < -0.4 is 22.3 Å². The summed E-state index contributed by atoms with van der Waals surface area (Å²) in [6.07, 6.45) is 0. The maximum Gasteiger partial charge on any atom is 0.306 e. The summed E-state index contributed by atoms with van der Waals surface area (Å²) in [5, 5.41) is 13.2. The van der Waals surface area contributed by atoms with Crippen LogP contribution in [0.1, 0.15) is 17.3 Å². The van der Waals surface area contributed by atoms with Crippen molar-refractivity contribution in [1.29, 1.82) is 0 Å². The Morgan fingerprint density at radius 3 is 2.53 bits per heavy atom. The van der Waals surface area contributed by atoms with Gasteiger partial charge in [0.1, 0.15) is 17.3 Å². The van der Waals surface area contributed by atoms with Gasteiger partial charge in [0.25, 0.3) is 5.91 Å². The quantitative estimate of drug-likeness (QED) is 0.320. The lowest BCUT2D eigenvalue weighted by Crippen LogP contribution is -2.42. The number of hydrogen-bond donors (Lipinski definition) is 4. The number of nitro groups is 1. The molecule has 0 aliphatic carbocycles. The van der Waals surface area contributed by atoms with E-state index < -0.39 is 28.5 Å². The van der Waals surface area contributed by atoms with Crippen LogP contribution in [0.2, 0.25) is 0 Å². The predicted octanol–water partition coefficient (Wildman–Crippen LogP) is -0.516. The lowest BCUT2D eigenvalue weighted by atomic mass is 10.1. The number of amides is 2. The Morgan fingerprint density at radius 1 is 1.42 bits per heavy atom. The number of carbonyl (C=O) groups is 2. The summed E-state index contributed by atoms with van der Waals surface area (Å²) in [4.78, 5) is 32.9. The van der Waals surface area contributed by atoms with Crippen LogP contribution in [0.3, 0.4) is 0 Å². The van der Waals surface area contributed by atoms with Gasteiger partial charge in [0, 0.05) is 0 Å². The number of anilines is 1. The molecule has 19 heavy (non-hydrogen) atoms. The molecule has 0 aliphatic rings. The Labute approximate surface area is 108 Å². The fraction of sp³-hybridized carbons (Fsp3) is 0.200. The van der Waals surface area contributed by atoms with Crippen molar-refractivity contribution in [3.8, 4) is 0 Å². The van der Waals surface area contributed by atoms with E-state index in [1.807, 2.05) is 0 Å². The number of hydrazine groups is 1. The number of nitrogens with two attached hydrogens (primary N) is 2. The number of nitrogens with one attached hydrogen (secondary N) is 2. The van der Waals surface area contributed by atoms with Gasteiger partial charge < -0.3 is 16.5 Å². The lowest BCUT2D eigenvalue weighted by molar-refractivity contribution is -0.384. The molecule has 0 saturated carbocycles. The van der Waals surface area contributed by atoms with Crippen molar-refractivity contribution < 1.29 is 14.5 Å². The minimum atomic E-state index is -0.943. The summed E-state index contributed by atoms with van der Waals surface area (Å²) in [5.74, 6) is 3.62. The molecule has 1 rings (SSSR count). The van der Waals surface area contributed by atoms with E-state index in [1.165, 1.54) is 25.1 Å². The Bertz CT molecular complexity index is 531. The van der Waals surface area contributed by atoms with Gasteiger partial charge >= 0.3 is 5.69 Å². The van der Waals surface area contributed by atoms with Crippen molar-refractivity contribution in [3.05, 3.63) is 33.9 Å². The third-order valence-corrected chi connectivity index (χ3v) is 2.39. The number of nitrogen functional groups attached to an aromatic ring is 1. The van der Waals surface area contributed by atoms with E-state index in [2.05, 4.69) is 10.7 Å². The van der Waals surface area contributed by atoms with Crippen molar-refractivity contribution in [2.75, 3.05) is 5.43 Å². The molecule has 0 radical (unpaired) electrons. The molecular formula is C10H13N5O4. The van der Waals surface area contributed by atoms with Crippen LogP contribution in [-0.2, 0) is 4.79 Å². The minimum absolute atomic E-state index is 0.00984. The van der Waals surface area contributed by atoms with E-state index in [0.29, 0.717) is 0 Å². The molecule has 1 aromatic carbocycles. The van der Waals surface area contributed by atoms with Gasteiger partial charge in [0.15, 0.2) is 0 Å². The summed E-state index contributed by atoms with van der Waals surface area (Å²) < 4.78 is 0. The number of hydrogen-bond acceptors (Lipinski definition) is 6. The third-order valence-electron chi connectivity index (χ3n) is 2.39. The van der Waals surface area contributed by atoms with Gasteiger partial charge in [-0.2, -0.15) is 0 Å². The number of carbonyl (C=O) groups excluding carboxylic acids is 2. The molecule has 0 fully saturated rings. The normalized spacial score (nSPS) is 11.5. The van der Waals surface area contributed by atoms with Crippen molar-refractivity contribution in [2.24, 2.45) is 11.6 Å². The molecule has 102 valence electrons. The third kappa shape index (κ3) is 3.16. The van der Waals surface area contributed by atoms with Crippen LogP contribution >= 0.6 is 0 Å². The second-order valence-electron chi connectivity index (χ2n) is 3.70. The molecule has 0 spiro atoms. The van der Waals surface area contributed by atoms with Gasteiger partial charge in [-0.05, 0) is 19.1 Å². The SMILES string of the molecule is CC(NC(=O)c1cccc(NN)c1[N+](=O)[O-])C(N)=O. The molecular weight excluding hydrogens is 254 g/mol. The summed E-state index contributed by atoms with van der Waals surface area (Å²) >= 11 is 0. The molecule has 0 bridgehead atoms. The zero-order chi connectivity index (χ0) is 14.6. The first-order valence-corrected chi connectivity index (χ1v) is 5.22. The average Bonchev–Trinajstić information content (AvgIpc) is 2.37. The molecule has 6 N–H and O–H groups in total. The number of rotatable bonds is 5. The zero-order valence-electron chi connectivity index (χ0n) is 10.0. The highest BCUT2D eigenvalue weighted by Crippen LogP contribution is 2.27. The summed E-state index contributed by atoms with van der Waals surface area (Å²) in [5.41, 5.74) is 6.43. The number of nitrogens with zero attached hydrogens (tertiary/aromatic N) is 1. The first kappa shape index (κ1) is 14.4. The highest BCUT2D eigenvalue weighted by atomic mass is 16.6. The second-order valence-corrected chi connectivity index (χ2v) is 3.70. The number of para-hydroxylation sites is 1.